The van der Waals surface area contributed by atoms with E-state index in [2.05, 4.69) is 24.1 Å². The van der Waals surface area contributed by atoms with Crippen LogP contribution in [0, 0.1) is 12.7 Å². The number of nitrogens with zero attached hydrogens (tertiary/aromatic N) is 1. The smallest absolute Gasteiger partial charge is 0.123 e. The van der Waals surface area contributed by atoms with Gasteiger partial charge >= 0.3 is 0 Å². The Morgan fingerprint density at radius 1 is 1.26 bits per heavy atom. The zero-order valence-electron chi connectivity index (χ0n) is 12.2. The van der Waals surface area contributed by atoms with E-state index < -0.39 is 0 Å². The summed E-state index contributed by atoms with van der Waals surface area (Å²) in [5.74, 6) is -0.158. The molecule has 1 N–H and O–H groups in total. The fourth-order valence-corrected chi connectivity index (χ4v) is 2.79. The quantitative estimate of drug-likeness (QED) is 0.893. The number of hydrogen-bond donors (Lipinski definition) is 1. The summed E-state index contributed by atoms with van der Waals surface area (Å²) in [4.78, 5) is 2.54. The molecule has 3 heteroatoms. The van der Waals surface area contributed by atoms with Gasteiger partial charge in [-0.25, -0.2) is 4.39 Å². The molecule has 0 aromatic heterocycles. The van der Waals surface area contributed by atoms with E-state index in [9.17, 15) is 4.39 Å². The molecule has 2 nitrogen and oxygen atoms in total. The van der Waals surface area contributed by atoms with Crippen LogP contribution in [0.15, 0.2) is 18.2 Å². The number of halogens is 1. The highest BCUT2D eigenvalue weighted by molar-refractivity contribution is 5.51. The Kier molecular flexibility index (Phi) is 4.81. The fraction of sp³-hybridized carbons (Fsp3) is 0.625. The molecule has 1 heterocycles. The zero-order chi connectivity index (χ0) is 13.8. The molecule has 1 aliphatic rings. The molecular formula is C16H25FN2. The minimum absolute atomic E-state index is 0.158. The van der Waals surface area contributed by atoms with Crippen molar-refractivity contribution in [1.82, 2.24) is 4.90 Å². The molecule has 2 rings (SSSR count). The van der Waals surface area contributed by atoms with Crippen LogP contribution in [0.3, 0.4) is 0 Å². The third kappa shape index (κ3) is 3.93. The molecule has 0 saturated carbocycles. The summed E-state index contributed by atoms with van der Waals surface area (Å²) in [5, 5.41) is 3.58. The van der Waals surface area contributed by atoms with Crippen molar-refractivity contribution in [2.45, 2.75) is 52.1 Å². The van der Waals surface area contributed by atoms with Crippen molar-refractivity contribution in [2.24, 2.45) is 0 Å². The lowest BCUT2D eigenvalue weighted by Crippen LogP contribution is -2.32. The molecule has 1 unspecified atom stereocenters. The highest BCUT2D eigenvalue weighted by Crippen LogP contribution is 2.21. The van der Waals surface area contributed by atoms with Gasteiger partial charge in [-0.2, -0.15) is 0 Å². The van der Waals surface area contributed by atoms with Gasteiger partial charge in [-0.1, -0.05) is 0 Å². The lowest BCUT2D eigenvalue weighted by Gasteiger charge is -2.24. The zero-order valence-corrected chi connectivity index (χ0v) is 12.2. The highest BCUT2D eigenvalue weighted by atomic mass is 19.1. The second-order valence-corrected chi connectivity index (χ2v) is 5.86. The van der Waals surface area contributed by atoms with Gasteiger partial charge in [-0.05, 0) is 70.3 Å². The molecule has 1 aromatic carbocycles. The van der Waals surface area contributed by atoms with Gasteiger partial charge in [0.1, 0.15) is 5.82 Å². The van der Waals surface area contributed by atoms with Crippen molar-refractivity contribution in [1.29, 1.82) is 0 Å². The topological polar surface area (TPSA) is 15.3 Å². The van der Waals surface area contributed by atoms with Crippen molar-refractivity contribution in [2.75, 3.05) is 18.4 Å². The third-order valence-corrected chi connectivity index (χ3v) is 4.04. The Morgan fingerprint density at radius 2 is 2.05 bits per heavy atom. The van der Waals surface area contributed by atoms with Crippen molar-refractivity contribution in [3.63, 3.8) is 0 Å². The Bertz CT molecular complexity index is 417. The second kappa shape index (κ2) is 6.38. The maximum absolute atomic E-state index is 13.1. The van der Waals surface area contributed by atoms with Crippen LogP contribution in [0.25, 0.3) is 0 Å². The molecule has 0 bridgehead atoms. The molecular weight excluding hydrogens is 239 g/mol. The van der Waals surface area contributed by atoms with Crippen LogP contribution < -0.4 is 5.32 Å². The van der Waals surface area contributed by atoms with Gasteiger partial charge in [0, 0.05) is 24.3 Å². The van der Waals surface area contributed by atoms with Crippen LogP contribution in [0.1, 0.15) is 38.7 Å². The first-order valence-electron chi connectivity index (χ1n) is 7.33. The molecule has 19 heavy (non-hydrogen) atoms. The summed E-state index contributed by atoms with van der Waals surface area (Å²) in [6.07, 6.45) is 3.59. The van der Waals surface area contributed by atoms with Gasteiger partial charge in [0.2, 0.25) is 0 Å². The lowest BCUT2D eigenvalue weighted by molar-refractivity contribution is 0.230. The van der Waals surface area contributed by atoms with Gasteiger partial charge in [-0.3, -0.25) is 0 Å². The van der Waals surface area contributed by atoms with Gasteiger partial charge < -0.3 is 10.2 Å². The number of rotatable bonds is 3. The van der Waals surface area contributed by atoms with Crippen LogP contribution in [0.5, 0.6) is 0 Å². The fourth-order valence-electron chi connectivity index (χ4n) is 2.79. The lowest BCUT2D eigenvalue weighted by atomic mass is 10.1. The van der Waals surface area contributed by atoms with Crippen LogP contribution in [-0.2, 0) is 0 Å². The summed E-state index contributed by atoms with van der Waals surface area (Å²) in [5.41, 5.74) is 2.06. The highest BCUT2D eigenvalue weighted by Gasteiger charge is 2.18. The Morgan fingerprint density at radius 3 is 2.74 bits per heavy atom. The molecule has 0 aliphatic carbocycles. The monoisotopic (exact) mass is 264 g/mol. The van der Waals surface area contributed by atoms with E-state index >= 15 is 0 Å². The van der Waals surface area contributed by atoms with E-state index in [1.54, 1.807) is 6.07 Å². The molecule has 0 amide bonds. The van der Waals surface area contributed by atoms with Gasteiger partial charge in [-0.15, -0.1) is 0 Å². The van der Waals surface area contributed by atoms with E-state index in [-0.39, 0.29) is 5.82 Å². The summed E-state index contributed by atoms with van der Waals surface area (Å²) in [6, 6.07) is 6.13. The van der Waals surface area contributed by atoms with Crippen molar-refractivity contribution in [3.05, 3.63) is 29.6 Å². The summed E-state index contributed by atoms with van der Waals surface area (Å²) >= 11 is 0. The average molecular weight is 264 g/mol. The van der Waals surface area contributed by atoms with Crippen molar-refractivity contribution < 1.29 is 4.39 Å². The summed E-state index contributed by atoms with van der Waals surface area (Å²) in [6.45, 7) is 8.83. The largest absolute Gasteiger partial charge is 0.382 e. The second-order valence-electron chi connectivity index (χ2n) is 5.86. The molecule has 106 valence electrons. The number of aryl methyl sites for hydroxylation is 1. The molecule has 1 aliphatic heterocycles. The normalized spacial score (nSPS) is 21.4. The first kappa shape index (κ1) is 14.3. The van der Waals surface area contributed by atoms with E-state index in [0.29, 0.717) is 12.1 Å². The van der Waals surface area contributed by atoms with Crippen LogP contribution in [-0.4, -0.2) is 30.1 Å². The number of likely N-dealkylation sites (tertiary alicyclic amines) is 1. The van der Waals surface area contributed by atoms with Crippen LogP contribution in [0.2, 0.25) is 0 Å². The first-order valence-corrected chi connectivity index (χ1v) is 7.33. The molecule has 0 spiro atoms. The molecule has 1 aromatic rings. The minimum Gasteiger partial charge on any atom is -0.382 e. The first-order chi connectivity index (χ1) is 9.06. The Labute approximate surface area is 116 Å². The van der Waals surface area contributed by atoms with Crippen LogP contribution in [0.4, 0.5) is 10.1 Å². The Hall–Kier alpha value is -1.09. The Balaban J connectivity index is 1.96. The van der Waals surface area contributed by atoms with E-state index in [1.807, 2.05) is 13.0 Å². The van der Waals surface area contributed by atoms with E-state index in [0.717, 1.165) is 24.2 Å². The van der Waals surface area contributed by atoms with E-state index in [4.69, 9.17) is 0 Å². The minimum atomic E-state index is -0.158. The maximum atomic E-state index is 13.1. The summed E-state index contributed by atoms with van der Waals surface area (Å²) in [7, 11) is 0. The molecule has 1 atom stereocenters. The summed E-state index contributed by atoms with van der Waals surface area (Å²) < 4.78 is 13.1. The number of hydrogen-bond acceptors (Lipinski definition) is 2. The van der Waals surface area contributed by atoms with Crippen molar-refractivity contribution in [3.8, 4) is 0 Å². The van der Waals surface area contributed by atoms with Crippen LogP contribution >= 0.6 is 0 Å². The number of benzene rings is 1. The third-order valence-electron chi connectivity index (χ3n) is 4.04. The molecule has 1 fully saturated rings. The predicted octanol–water partition coefficient (Wildman–Crippen LogP) is 3.81. The average Bonchev–Trinajstić information content (AvgIpc) is 2.58. The number of anilines is 1. The molecule has 0 radical (unpaired) electrons. The number of nitrogens with one attached hydrogen (secondary N) is 1. The van der Waals surface area contributed by atoms with Crippen molar-refractivity contribution >= 4 is 5.69 Å². The van der Waals surface area contributed by atoms with Gasteiger partial charge in [0.25, 0.3) is 0 Å². The predicted molar refractivity (Wildman–Crippen MR) is 79.1 cm³/mol. The van der Waals surface area contributed by atoms with E-state index in [1.165, 1.54) is 25.5 Å². The standard InChI is InChI=1S/C16H25FN2/c1-12(2)19-9-4-5-15(8-10-19)18-16-7-6-14(17)11-13(16)3/h6-7,11-12,15,18H,4-5,8-10H2,1-3H3. The SMILES string of the molecule is Cc1cc(F)ccc1NC1CCCN(C(C)C)CC1. The van der Waals surface area contributed by atoms with Gasteiger partial charge in [0.15, 0.2) is 0 Å². The van der Waals surface area contributed by atoms with Gasteiger partial charge in [0.05, 0.1) is 0 Å². The molecule has 1 saturated heterocycles. The maximum Gasteiger partial charge on any atom is 0.123 e.